The molecule has 0 bridgehead atoms. The molecule has 136 valence electrons. The predicted octanol–water partition coefficient (Wildman–Crippen LogP) is 2.86. The summed E-state index contributed by atoms with van der Waals surface area (Å²) in [6.07, 6.45) is -3.17. The van der Waals surface area contributed by atoms with Crippen LogP contribution in [-0.2, 0) is 17.4 Å². The number of fused-ring (bicyclic) bond motifs is 1. The van der Waals surface area contributed by atoms with E-state index >= 15 is 0 Å². The Morgan fingerprint density at radius 1 is 1.27 bits per heavy atom. The molecule has 3 rings (SSSR count). The molecule has 2 N–H and O–H groups in total. The van der Waals surface area contributed by atoms with E-state index in [1.54, 1.807) is 12.1 Å². The standard InChI is InChI=1S/C17H14F3N3O2S/c1-2-12(24)23-13-10-6-4-3-5-9(10)7-11(13)22-16(25)14-15(17(18,19)20)26-8-21-14/h2-6,8,11,13H,1,7H2,(H,22,25)(H,23,24)/t11-,13-/m1/s1. The first-order valence-corrected chi connectivity index (χ1v) is 8.51. The number of amides is 2. The summed E-state index contributed by atoms with van der Waals surface area (Å²) in [5.74, 6) is -1.36. The van der Waals surface area contributed by atoms with Gasteiger partial charge in [-0.15, -0.1) is 11.3 Å². The second kappa shape index (κ2) is 6.91. The van der Waals surface area contributed by atoms with Gasteiger partial charge >= 0.3 is 6.18 Å². The monoisotopic (exact) mass is 381 g/mol. The zero-order valence-corrected chi connectivity index (χ0v) is 14.2. The predicted molar refractivity (Wildman–Crippen MR) is 89.6 cm³/mol. The van der Waals surface area contributed by atoms with Crippen LogP contribution in [-0.4, -0.2) is 22.8 Å². The zero-order chi connectivity index (χ0) is 18.9. The molecule has 1 aliphatic carbocycles. The third kappa shape index (κ3) is 3.48. The van der Waals surface area contributed by atoms with E-state index in [4.69, 9.17) is 0 Å². The molecule has 0 saturated carbocycles. The first kappa shape index (κ1) is 18.1. The summed E-state index contributed by atoms with van der Waals surface area (Å²) in [4.78, 5) is 26.6. The van der Waals surface area contributed by atoms with Crippen LogP contribution in [0.2, 0.25) is 0 Å². The lowest BCUT2D eigenvalue weighted by atomic mass is 10.1. The number of hydrogen-bond donors (Lipinski definition) is 2. The maximum absolute atomic E-state index is 13.0. The van der Waals surface area contributed by atoms with Crippen LogP contribution in [0.15, 0.2) is 42.4 Å². The van der Waals surface area contributed by atoms with Gasteiger partial charge in [-0.2, -0.15) is 13.2 Å². The Hall–Kier alpha value is -2.68. The number of benzene rings is 1. The average molecular weight is 381 g/mol. The van der Waals surface area contributed by atoms with Gasteiger partial charge in [0.1, 0.15) is 4.88 Å². The highest BCUT2D eigenvalue weighted by atomic mass is 32.1. The molecule has 0 aliphatic heterocycles. The van der Waals surface area contributed by atoms with Crippen LogP contribution in [0.3, 0.4) is 0 Å². The molecule has 1 heterocycles. The summed E-state index contributed by atoms with van der Waals surface area (Å²) in [5.41, 5.74) is 2.04. The van der Waals surface area contributed by atoms with E-state index in [1.165, 1.54) is 0 Å². The summed E-state index contributed by atoms with van der Waals surface area (Å²) in [7, 11) is 0. The smallest absolute Gasteiger partial charge is 0.345 e. The molecular formula is C17H14F3N3O2S. The molecular weight excluding hydrogens is 367 g/mol. The summed E-state index contributed by atoms with van der Waals surface area (Å²) >= 11 is 0.365. The van der Waals surface area contributed by atoms with E-state index in [0.29, 0.717) is 17.8 Å². The van der Waals surface area contributed by atoms with Gasteiger partial charge in [-0.1, -0.05) is 30.8 Å². The molecule has 0 radical (unpaired) electrons. The molecule has 0 saturated heterocycles. The van der Waals surface area contributed by atoms with Crippen molar-refractivity contribution >= 4 is 23.2 Å². The van der Waals surface area contributed by atoms with Crippen LogP contribution < -0.4 is 10.6 Å². The molecule has 1 aromatic heterocycles. The SMILES string of the molecule is C=CC(=O)N[C@@H]1c2ccccc2C[C@H]1NC(=O)c1ncsc1C(F)(F)F. The molecule has 0 unspecified atom stereocenters. The van der Waals surface area contributed by atoms with E-state index in [-0.39, 0.29) is 0 Å². The van der Waals surface area contributed by atoms with Crippen molar-refractivity contribution in [3.8, 4) is 0 Å². The number of hydrogen-bond acceptors (Lipinski definition) is 4. The van der Waals surface area contributed by atoms with Gasteiger partial charge < -0.3 is 10.6 Å². The van der Waals surface area contributed by atoms with Gasteiger partial charge in [-0.25, -0.2) is 4.98 Å². The number of rotatable bonds is 4. The first-order valence-electron chi connectivity index (χ1n) is 7.63. The van der Waals surface area contributed by atoms with Crippen molar-refractivity contribution in [1.29, 1.82) is 0 Å². The number of aromatic nitrogens is 1. The van der Waals surface area contributed by atoms with E-state index in [9.17, 15) is 22.8 Å². The zero-order valence-electron chi connectivity index (χ0n) is 13.3. The lowest BCUT2D eigenvalue weighted by Crippen LogP contribution is -2.44. The van der Waals surface area contributed by atoms with Crippen molar-refractivity contribution in [3.05, 3.63) is 64.1 Å². The second-order valence-electron chi connectivity index (χ2n) is 5.70. The normalized spacial score (nSPS) is 18.9. The fourth-order valence-electron chi connectivity index (χ4n) is 2.97. The highest BCUT2D eigenvalue weighted by Crippen LogP contribution is 2.35. The Bertz CT molecular complexity index is 863. The van der Waals surface area contributed by atoms with Crippen molar-refractivity contribution in [2.75, 3.05) is 0 Å². The molecule has 1 aromatic carbocycles. The van der Waals surface area contributed by atoms with Crippen LogP contribution in [0.1, 0.15) is 32.5 Å². The van der Waals surface area contributed by atoms with Crippen LogP contribution >= 0.6 is 11.3 Å². The fourth-order valence-corrected chi connectivity index (χ4v) is 3.62. The van der Waals surface area contributed by atoms with Gasteiger partial charge in [-0.05, 0) is 23.6 Å². The third-order valence-corrected chi connectivity index (χ3v) is 4.94. The Kier molecular flexibility index (Phi) is 4.82. The minimum atomic E-state index is -4.65. The van der Waals surface area contributed by atoms with Crippen molar-refractivity contribution in [3.63, 3.8) is 0 Å². The minimum Gasteiger partial charge on any atom is -0.345 e. The number of carbonyl (C=O) groups is 2. The van der Waals surface area contributed by atoms with Crippen LogP contribution in [0, 0.1) is 0 Å². The van der Waals surface area contributed by atoms with Crippen LogP contribution in [0.5, 0.6) is 0 Å². The third-order valence-electron chi connectivity index (χ3n) is 4.07. The summed E-state index contributed by atoms with van der Waals surface area (Å²) in [6, 6.07) is 6.11. The van der Waals surface area contributed by atoms with Crippen LogP contribution in [0.25, 0.3) is 0 Å². The van der Waals surface area contributed by atoms with Crippen molar-refractivity contribution in [2.24, 2.45) is 0 Å². The summed E-state index contributed by atoms with van der Waals surface area (Å²) in [6.45, 7) is 3.39. The quantitative estimate of drug-likeness (QED) is 0.800. The maximum Gasteiger partial charge on any atom is 0.427 e. The first-order chi connectivity index (χ1) is 12.3. The van der Waals surface area contributed by atoms with Gasteiger partial charge in [0.25, 0.3) is 5.91 Å². The summed E-state index contributed by atoms with van der Waals surface area (Å²) < 4.78 is 39.0. The highest BCUT2D eigenvalue weighted by molar-refractivity contribution is 7.10. The number of halogens is 3. The highest BCUT2D eigenvalue weighted by Gasteiger charge is 2.40. The molecule has 2 amide bonds. The number of nitrogens with zero attached hydrogens (tertiary/aromatic N) is 1. The van der Waals surface area contributed by atoms with Crippen LogP contribution in [0.4, 0.5) is 13.2 Å². The molecule has 0 spiro atoms. The van der Waals surface area contributed by atoms with E-state index in [0.717, 1.165) is 22.7 Å². The Morgan fingerprint density at radius 2 is 2.00 bits per heavy atom. The van der Waals surface area contributed by atoms with Gasteiger partial charge in [0.15, 0.2) is 5.69 Å². The fraction of sp³-hybridized carbons (Fsp3) is 0.235. The molecule has 2 aromatic rings. The van der Waals surface area contributed by atoms with Crippen molar-refractivity contribution in [2.45, 2.75) is 24.7 Å². The van der Waals surface area contributed by atoms with Crippen molar-refractivity contribution < 1.29 is 22.8 Å². The van der Waals surface area contributed by atoms with Crippen molar-refractivity contribution in [1.82, 2.24) is 15.6 Å². The number of alkyl halides is 3. The van der Waals surface area contributed by atoms with Gasteiger partial charge in [0.2, 0.25) is 5.91 Å². The van der Waals surface area contributed by atoms with Gasteiger partial charge in [-0.3, -0.25) is 9.59 Å². The molecule has 9 heteroatoms. The van der Waals surface area contributed by atoms with E-state index in [1.807, 2.05) is 12.1 Å². The minimum absolute atomic E-state index is 0.365. The Morgan fingerprint density at radius 3 is 2.69 bits per heavy atom. The number of carbonyl (C=O) groups excluding carboxylic acids is 2. The Balaban J connectivity index is 1.85. The van der Waals surface area contributed by atoms with Gasteiger partial charge in [0.05, 0.1) is 17.6 Å². The maximum atomic E-state index is 13.0. The van der Waals surface area contributed by atoms with E-state index in [2.05, 4.69) is 22.2 Å². The molecule has 0 fully saturated rings. The number of nitrogens with one attached hydrogen (secondary N) is 2. The second-order valence-corrected chi connectivity index (χ2v) is 6.56. The molecule has 1 aliphatic rings. The van der Waals surface area contributed by atoms with E-state index < -0.39 is 40.6 Å². The molecule has 5 nitrogen and oxygen atoms in total. The molecule has 26 heavy (non-hydrogen) atoms. The molecule has 2 atom stereocenters. The average Bonchev–Trinajstić information content (AvgIpc) is 3.20. The lowest BCUT2D eigenvalue weighted by Gasteiger charge is -2.22. The number of thiazole rings is 1. The summed E-state index contributed by atoms with van der Waals surface area (Å²) in [5, 5.41) is 5.30. The van der Waals surface area contributed by atoms with Gasteiger partial charge in [0, 0.05) is 0 Å². The topological polar surface area (TPSA) is 71.1 Å². The largest absolute Gasteiger partial charge is 0.427 e. The Labute approximate surface area is 150 Å². The lowest BCUT2D eigenvalue weighted by molar-refractivity contribution is -0.134.